The summed E-state index contributed by atoms with van der Waals surface area (Å²) in [4.78, 5) is 23.4. The first-order valence-electron chi connectivity index (χ1n) is 6.51. The summed E-state index contributed by atoms with van der Waals surface area (Å²) in [7, 11) is 0. The van der Waals surface area contributed by atoms with Gasteiger partial charge in [0.05, 0.1) is 15.7 Å². The van der Waals surface area contributed by atoms with E-state index in [0.717, 1.165) is 12.0 Å². The van der Waals surface area contributed by atoms with Crippen molar-refractivity contribution in [3.8, 4) is 0 Å². The van der Waals surface area contributed by atoms with Crippen molar-refractivity contribution >= 4 is 40.8 Å². The number of hydrogen-bond donors (Lipinski definition) is 1. The minimum Gasteiger partial charge on any atom is -0.454 e. The molecule has 2 rings (SSSR count). The van der Waals surface area contributed by atoms with Gasteiger partial charge in [-0.25, -0.2) is 4.79 Å². The Kier molecular flexibility index (Phi) is 5.45. The van der Waals surface area contributed by atoms with Gasteiger partial charge in [0.15, 0.2) is 12.7 Å². The van der Waals surface area contributed by atoms with Gasteiger partial charge in [-0.05, 0) is 31.4 Å². The molecule has 114 valence electrons. The molecule has 1 aliphatic heterocycles. The molecular formula is C14H15Cl2NO4. The molecule has 0 aromatic heterocycles. The number of carbonyl (C=O) groups excluding carboxylic acids is 2. The fraction of sp³-hybridized carbons (Fsp3) is 0.429. The van der Waals surface area contributed by atoms with Crippen LogP contribution >= 0.6 is 23.2 Å². The zero-order valence-electron chi connectivity index (χ0n) is 11.4. The molecule has 1 N–H and O–H groups in total. The fourth-order valence-electron chi connectivity index (χ4n) is 1.94. The van der Waals surface area contributed by atoms with Crippen molar-refractivity contribution in [3.63, 3.8) is 0 Å². The van der Waals surface area contributed by atoms with Crippen molar-refractivity contribution in [2.45, 2.75) is 25.9 Å². The number of anilines is 1. The molecule has 0 radical (unpaired) electrons. The summed E-state index contributed by atoms with van der Waals surface area (Å²) in [6.07, 6.45) is 0.875. The van der Waals surface area contributed by atoms with Crippen molar-refractivity contribution in [2.24, 2.45) is 0 Å². The first kappa shape index (κ1) is 16.1. The van der Waals surface area contributed by atoms with Gasteiger partial charge in [-0.1, -0.05) is 29.3 Å². The van der Waals surface area contributed by atoms with Crippen LogP contribution in [0.4, 0.5) is 5.69 Å². The van der Waals surface area contributed by atoms with E-state index in [9.17, 15) is 9.59 Å². The van der Waals surface area contributed by atoms with Gasteiger partial charge in [0.2, 0.25) is 0 Å². The fourth-order valence-corrected chi connectivity index (χ4v) is 2.41. The van der Waals surface area contributed by atoms with Crippen molar-refractivity contribution in [1.82, 2.24) is 0 Å². The summed E-state index contributed by atoms with van der Waals surface area (Å²) in [6, 6.07) is 3.38. The van der Waals surface area contributed by atoms with Gasteiger partial charge in [0, 0.05) is 6.61 Å². The van der Waals surface area contributed by atoms with Crippen LogP contribution in [0.25, 0.3) is 0 Å². The first-order valence-corrected chi connectivity index (χ1v) is 7.27. The van der Waals surface area contributed by atoms with E-state index in [1.54, 1.807) is 19.1 Å². The van der Waals surface area contributed by atoms with Crippen LogP contribution in [0.1, 0.15) is 18.4 Å². The lowest BCUT2D eigenvalue weighted by Crippen LogP contribution is -2.27. The van der Waals surface area contributed by atoms with Gasteiger partial charge in [0.1, 0.15) is 0 Å². The largest absolute Gasteiger partial charge is 0.454 e. The number of rotatable bonds is 4. The molecule has 1 aliphatic rings. The van der Waals surface area contributed by atoms with E-state index in [1.807, 2.05) is 0 Å². The average Bonchev–Trinajstić information content (AvgIpc) is 2.99. The van der Waals surface area contributed by atoms with E-state index in [1.165, 1.54) is 0 Å². The molecule has 0 aliphatic carbocycles. The highest BCUT2D eigenvalue weighted by atomic mass is 35.5. The number of ether oxygens (including phenoxy) is 2. The third-order valence-corrected chi connectivity index (χ3v) is 3.89. The summed E-state index contributed by atoms with van der Waals surface area (Å²) in [6.45, 7) is 1.94. The molecule has 1 heterocycles. The predicted molar refractivity (Wildman–Crippen MR) is 79.8 cm³/mol. The van der Waals surface area contributed by atoms with Crippen LogP contribution in [0.2, 0.25) is 10.0 Å². The number of esters is 1. The lowest BCUT2D eigenvalue weighted by atomic mass is 10.2. The zero-order chi connectivity index (χ0) is 15.4. The number of aryl methyl sites for hydroxylation is 1. The molecule has 0 spiro atoms. The van der Waals surface area contributed by atoms with Crippen LogP contribution in [0.3, 0.4) is 0 Å². The van der Waals surface area contributed by atoms with E-state index in [2.05, 4.69) is 5.32 Å². The first-order chi connectivity index (χ1) is 9.99. The highest BCUT2D eigenvalue weighted by Crippen LogP contribution is 2.32. The molecule has 7 heteroatoms. The van der Waals surface area contributed by atoms with Gasteiger partial charge >= 0.3 is 5.97 Å². The molecule has 5 nitrogen and oxygen atoms in total. The van der Waals surface area contributed by atoms with Crippen LogP contribution in [-0.4, -0.2) is 31.2 Å². The lowest BCUT2D eigenvalue weighted by Gasteiger charge is -2.12. The molecule has 1 saturated heterocycles. The number of carbonyl (C=O) groups is 2. The monoisotopic (exact) mass is 331 g/mol. The summed E-state index contributed by atoms with van der Waals surface area (Å²) >= 11 is 12.1. The molecule has 1 aromatic rings. The van der Waals surface area contributed by atoms with Crippen molar-refractivity contribution < 1.29 is 19.1 Å². The molecule has 21 heavy (non-hydrogen) atoms. The number of benzene rings is 1. The Hall–Kier alpha value is -1.30. The SMILES string of the molecule is Cc1ccc(Cl)c(NC(=O)COC(=O)[C@H]2CCCO2)c1Cl. The number of nitrogens with one attached hydrogen (secondary N) is 1. The van der Waals surface area contributed by atoms with Crippen molar-refractivity contribution in [2.75, 3.05) is 18.5 Å². The van der Waals surface area contributed by atoms with E-state index < -0.39 is 24.6 Å². The van der Waals surface area contributed by atoms with E-state index >= 15 is 0 Å². The van der Waals surface area contributed by atoms with Gasteiger partial charge in [-0.3, -0.25) is 4.79 Å². The highest BCUT2D eigenvalue weighted by molar-refractivity contribution is 6.40. The maximum atomic E-state index is 11.8. The van der Waals surface area contributed by atoms with Gasteiger partial charge in [-0.2, -0.15) is 0 Å². The third-order valence-electron chi connectivity index (χ3n) is 3.09. The Morgan fingerprint density at radius 2 is 2.19 bits per heavy atom. The van der Waals surface area contributed by atoms with Crippen LogP contribution in [0, 0.1) is 6.92 Å². The van der Waals surface area contributed by atoms with Crippen LogP contribution in [0.15, 0.2) is 12.1 Å². The quantitative estimate of drug-likeness (QED) is 0.861. The van der Waals surface area contributed by atoms with Crippen LogP contribution in [-0.2, 0) is 19.1 Å². The lowest BCUT2D eigenvalue weighted by molar-refractivity contribution is -0.156. The Bertz CT molecular complexity index is 556. The van der Waals surface area contributed by atoms with Crippen molar-refractivity contribution in [1.29, 1.82) is 0 Å². The molecule has 0 unspecified atom stereocenters. The average molecular weight is 332 g/mol. The normalized spacial score (nSPS) is 17.6. The Morgan fingerprint density at radius 1 is 1.43 bits per heavy atom. The second-order valence-corrected chi connectivity index (χ2v) is 5.50. The van der Waals surface area contributed by atoms with Crippen LogP contribution < -0.4 is 5.32 Å². The topological polar surface area (TPSA) is 64.6 Å². The smallest absolute Gasteiger partial charge is 0.335 e. The molecule has 1 aromatic carbocycles. The molecule has 1 fully saturated rings. The second-order valence-electron chi connectivity index (χ2n) is 4.71. The van der Waals surface area contributed by atoms with E-state index in [4.69, 9.17) is 32.7 Å². The Morgan fingerprint density at radius 3 is 2.86 bits per heavy atom. The second kappa shape index (κ2) is 7.11. The minimum absolute atomic E-state index is 0.316. The summed E-state index contributed by atoms with van der Waals surface area (Å²) in [5.41, 5.74) is 1.10. The minimum atomic E-state index is -0.566. The molecule has 0 saturated carbocycles. The van der Waals surface area contributed by atoms with E-state index in [-0.39, 0.29) is 0 Å². The van der Waals surface area contributed by atoms with Gasteiger partial charge in [0.25, 0.3) is 5.91 Å². The molecule has 1 amide bonds. The number of hydrogen-bond acceptors (Lipinski definition) is 4. The summed E-state index contributed by atoms with van der Waals surface area (Å²) in [5, 5.41) is 3.23. The summed E-state index contributed by atoms with van der Waals surface area (Å²) < 4.78 is 10.1. The summed E-state index contributed by atoms with van der Waals surface area (Å²) in [5.74, 6) is -1.03. The predicted octanol–water partition coefficient (Wildman–Crippen LogP) is 2.96. The van der Waals surface area contributed by atoms with E-state index in [0.29, 0.717) is 28.8 Å². The number of halogens is 2. The van der Waals surface area contributed by atoms with Crippen molar-refractivity contribution in [3.05, 3.63) is 27.7 Å². The van der Waals surface area contributed by atoms with Crippen LogP contribution in [0.5, 0.6) is 0 Å². The molecular weight excluding hydrogens is 317 g/mol. The molecule has 1 atom stereocenters. The zero-order valence-corrected chi connectivity index (χ0v) is 13.0. The standard InChI is InChI=1S/C14H15Cl2NO4/c1-8-4-5-9(15)13(12(8)16)17-11(18)7-21-14(19)10-3-2-6-20-10/h4-5,10H,2-3,6-7H2,1H3,(H,17,18)/t10-/m1/s1. The number of amides is 1. The van der Waals surface area contributed by atoms with Gasteiger partial charge in [-0.15, -0.1) is 0 Å². The van der Waals surface area contributed by atoms with Gasteiger partial charge < -0.3 is 14.8 Å². The highest BCUT2D eigenvalue weighted by Gasteiger charge is 2.25. The Balaban J connectivity index is 1.90. The maximum Gasteiger partial charge on any atom is 0.335 e. The molecule has 0 bridgehead atoms. The maximum absolute atomic E-state index is 11.8. The Labute approximate surface area is 132 Å². The third kappa shape index (κ3) is 4.09.